The first kappa shape index (κ1) is 13.0. The van der Waals surface area contributed by atoms with Crippen LogP contribution in [0, 0.1) is 11.7 Å². The number of rotatable bonds is 4. The van der Waals surface area contributed by atoms with Crippen LogP contribution in [-0.2, 0) is 6.54 Å². The lowest BCUT2D eigenvalue weighted by Gasteiger charge is -2.21. The standard InChI is InChI=1S/C14H19BrFN/c15-13-8-12(6-7-14(13)16)10-17-9-11-4-2-1-3-5-11/h6-8,11,17H,1-5,9-10H2. The molecule has 0 radical (unpaired) electrons. The van der Waals surface area contributed by atoms with E-state index in [9.17, 15) is 4.39 Å². The second kappa shape index (κ2) is 6.50. The van der Waals surface area contributed by atoms with Gasteiger partial charge in [0.2, 0.25) is 0 Å². The fourth-order valence-electron chi connectivity index (χ4n) is 2.46. The van der Waals surface area contributed by atoms with Crippen LogP contribution in [0.5, 0.6) is 0 Å². The number of hydrogen-bond donors (Lipinski definition) is 1. The van der Waals surface area contributed by atoms with Gasteiger partial charge in [0.25, 0.3) is 0 Å². The number of hydrogen-bond acceptors (Lipinski definition) is 1. The Labute approximate surface area is 111 Å². The highest BCUT2D eigenvalue weighted by Crippen LogP contribution is 2.23. The zero-order valence-corrected chi connectivity index (χ0v) is 11.6. The molecule has 1 fully saturated rings. The third kappa shape index (κ3) is 4.07. The number of nitrogens with one attached hydrogen (secondary N) is 1. The Bertz CT molecular complexity index is 361. The smallest absolute Gasteiger partial charge is 0.137 e. The maximum Gasteiger partial charge on any atom is 0.137 e. The molecule has 0 bridgehead atoms. The Morgan fingerprint density at radius 3 is 2.71 bits per heavy atom. The van der Waals surface area contributed by atoms with E-state index in [1.807, 2.05) is 12.1 Å². The van der Waals surface area contributed by atoms with E-state index in [0.29, 0.717) is 4.47 Å². The van der Waals surface area contributed by atoms with Crippen LogP contribution >= 0.6 is 15.9 Å². The SMILES string of the molecule is Fc1ccc(CNCC2CCCCC2)cc1Br. The first-order chi connectivity index (χ1) is 8.25. The summed E-state index contributed by atoms with van der Waals surface area (Å²) in [6.45, 7) is 1.92. The van der Waals surface area contributed by atoms with Gasteiger partial charge in [-0.1, -0.05) is 25.3 Å². The molecule has 0 unspecified atom stereocenters. The van der Waals surface area contributed by atoms with E-state index in [0.717, 1.165) is 24.6 Å². The predicted octanol–water partition coefficient (Wildman–Crippen LogP) is 4.26. The van der Waals surface area contributed by atoms with Crippen LogP contribution in [0.2, 0.25) is 0 Å². The summed E-state index contributed by atoms with van der Waals surface area (Å²) in [5, 5.41) is 3.47. The second-order valence-corrected chi connectivity index (χ2v) is 5.74. The number of halogens is 2. The Balaban J connectivity index is 1.75. The van der Waals surface area contributed by atoms with Crippen molar-refractivity contribution in [1.29, 1.82) is 0 Å². The van der Waals surface area contributed by atoms with E-state index in [1.54, 1.807) is 0 Å². The van der Waals surface area contributed by atoms with Crippen LogP contribution < -0.4 is 5.32 Å². The zero-order chi connectivity index (χ0) is 12.1. The summed E-state index contributed by atoms with van der Waals surface area (Å²) in [5.74, 6) is 0.647. The molecule has 1 aliphatic rings. The Kier molecular flexibility index (Phi) is 4.99. The maximum absolute atomic E-state index is 13.0. The highest BCUT2D eigenvalue weighted by Gasteiger charge is 2.12. The summed E-state index contributed by atoms with van der Waals surface area (Å²) < 4.78 is 13.6. The molecule has 1 N–H and O–H groups in total. The minimum absolute atomic E-state index is 0.193. The molecule has 0 saturated heterocycles. The van der Waals surface area contributed by atoms with Crippen molar-refractivity contribution in [2.24, 2.45) is 5.92 Å². The lowest BCUT2D eigenvalue weighted by molar-refractivity contribution is 0.342. The van der Waals surface area contributed by atoms with Crippen LogP contribution in [0.4, 0.5) is 4.39 Å². The van der Waals surface area contributed by atoms with Crippen molar-refractivity contribution >= 4 is 15.9 Å². The van der Waals surface area contributed by atoms with Crippen LogP contribution in [0.3, 0.4) is 0 Å². The van der Waals surface area contributed by atoms with Crippen molar-refractivity contribution < 1.29 is 4.39 Å². The highest BCUT2D eigenvalue weighted by molar-refractivity contribution is 9.10. The third-order valence-electron chi connectivity index (χ3n) is 3.47. The molecule has 17 heavy (non-hydrogen) atoms. The molecule has 94 valence electrons. The fraction of sp³-hybridized carbons (Fsp3) is 0.571. The van der Waals surface area contributed by atoms with Crippen molar-refractivity contribution in [1.82, 2.24) is 5.32 Å². The minimum Gasteiger partial charge on any atom is -0.312 e. The van der Waals surface area contributed by atoms with Crippen LogP contribution in [0.25, 0.3) is 0 Å². The molecular weight excluding hydrogens is 281 g/mol. The van der Waals surface area contributed by atoms with Gasteiger partial charge in [-0.05, 0) is 58.9 Å². The normalized spacial score (nSPS) is 17.3. The molecule has 0 heterocycles. The van der Waals surface area contributed by atoms with E-state index >= 15 is 0 Å². The van der Waals surface area contributed by atoms with Gasteiger partial charge in [-0.2, -0.15) is 0 Å². The molecule has 1 nitrogen and oxygen atoms in total. The van der Waals surface area contributed by atoms with Gasteiger partial charge in [0.15, 0.2) is 0 Å². The van der Waals surface area contributed by atoms with Gasteiger partial charge in [-0.15, -0.1) is 0 Å². The van der Waals surface area contributed by atoms with Gasteiger partial charge >= 0.3 is 0 Å². The van der Waals surface area contributed by atoms with E-state index in [1.165, 1.54) is 38.2 Å². The van der Waals surface area contributed by atoms with E-state index in [-0.39, 0.29) is 5.82 Å². The zero-order valence-electron chi connectivity index (χ0n) is 10.0. The maximum atomic E-state index is 13.0. The molecule has 0 amide bonds. The monoisotopic (exact) mass is 299 g/mol. The van der Waals surface area contributed by atoms with E-state index in [2.05, 4.69) is 21.2 Å². The summed E-state index contributed by atoms with van der Waals surface area (Å²) in [5.41, 5.74) is 1.13. The minimum atomic E-state index is -0.193. The average molecular weight is 300 g/mol. The van der Waals surface area contributed by atoms with E-state index in [4.69, 9.17) is 0 Å². The molecule has 0 aliphatic heterocycles. The van der Waals surface area contributed by atoms with Crippen molar-refractivity contribution in [3.8, 4) is 0 Å². The largest absolute Gasteiger partial charge is 0.312 e. The van der Waals surface area contributed by atoms with Crippen molar-refractivity contribution in [3.63, 3.8) is 0 Å². The lowest BCUT2D eigenvalue weighted by Crippen LogP contribution is -2.24. The summed E-state index contributed by atoms with van der Waals surface area (Å²) in [7, 11) is 0. The van der Waals surface area contributed by atoms with Crippen molar-refractivity contribution in [3.05, 3.63) is 34.1 Å². The first-order valence-electron chi connectivity index (χ1n) is 6.40. The van der Waals surface area contributed by atoms with E-state index < -0.39 is 0 Å². The Hall–Kier alpha value is -0.410. The molecule has 1 saturated carbocycles. The first-order valence-corrected chi connectivity index (χ1v) is 7.19. The van der Waals surface area contributed by atoms with Gasteiger partial charge < -0.3 is 5.32 Å². The summed E-state index contributed by atoms with van der Waals surface area (Å²) in [4.78, 5) is 0. The summed E-state index contributed by atoms with van der Waals surface area (Å²) in [6, 6.07) is 5.21. The van der Waals surface area contributed by atoms with Crippen LogP contribution in [0.15, 0.2) is 22.7 Å². The van der Waals surface area contributed by atoms with Crippen LogP contribution in [0.1, 0.15) is 37.7 Å². The topological polar surface area (TPSA) is 12.0 Å². The summed E-state index contributed by atoms with van der Waals surface area (Å²) in [6.07, 6.45) is 6.89. The summed E-state index contributed by atoms with van der Waals surface area (Å²) >= 11 is 3.21. The lowest BCUT2D eigenvalue weighted by atomic mass is 9.89. The van der Waals surface area contributed by atoms with Crippen LogP contribution in [-0.4, -0.2) is 6.54 Å². The van der Waals surface area contributed by atoms with Gasteiger partial charge in [0.1, 0.15) is 5.82 Å². The molecule has 0 aromatic heterocycles. The molecule has 1 aromatic rings. The Morgan fingerprint density at radius 1 is 1.24 bits per heavy atom. The average Bonchev–Trinajstić information content (AvgIpc) is 2.35. The molecule has 1 aromatic carbocycles. The highest BCUT2D eigenvalue weighted by atomic mass is 79.9. The molecule has 1 aliphatic carbocycles. The van der Waals surface area contributed by atoms with Gasteiger partial charge in [0, 0.05) is 6.54 Å². The second-order valence-electron chi connectivity index (χ2n) is 4.88. The molecular formula is C14H19BrFN. The van der Waals surface area contributed by atoms with Crippen molar-refractivity contribution in [2.45, 2.75) is 38.6 Å². The van der Waals surface area contributed by atoms with Gasteiger partial charge in [0.05, 0.1) is 4.47 Å². The predicted molar refractivity (Wildman–Crippen MR) is 72.4 cm³/mol. The molecule has 2 rings (SSSR count). The quantitative estimate of drug-likeness (QED) is 0.876. The van der Waals surface area contributed by atoms with Gasteiger partial charge in [-0.3, -0.25) is 0 Å². The third-order valence-corrected chi connectivity index (χ3v) is 4.08. The molecule has 0 spiro atoms. The van der Waals surface area contributed by atoms with Gasteiger partial charge in [-0.25, -0.2) is 4.39 Å². The van der Waals surface area contributed by atoms with Crippen molar-refractivity contribution in [2.75, 3.05) is 6.54 Å². The molecule has 3 heteroatoms. The Morgan fingerprint density at radius 2 is 2.00 bits per heavy atom. The fourth-order valence-corrected chi connectivity index (χ4v) is 2.89. The number of benzene rings is 1. The molecule has 0 atom stereocenters.